The molecule has 1 aliphatic rings. The maximum Gasteiger partial charge on any atom is 0.330 e. The van der Waals surface area contributed by atoms with Crippen molar-refractivity contribution in [3.8, 4) is 11.5 Å². The smallest absolute Gasteiger partial charge is 0.330 e. The van der Waals surface area contributed by atoms with E-state index in [9.17, 15) is 28.8 Å². The van der Waals surface area contributed by atoms with Crippen LogP contribution in [0.2, 0.25) is 0 Å². The highest BCUT2D eigenvalue weighted by molar-refractivity contribution is 6.38. The zero-order chi connectivity index (χ0) is 36.1. The van der Waals surface area contributed by atoms with Gasteiger partial charge in [-0.1, -0.05) is 12.6 Å². The number of esters is 2. The summed E-state index contributed by atoms with van der Waals surface area (Å²) in [6.07, 6.45) is 4.49. The van der Waals surface area contributed by atoms with Gasteiger partial charge in [-0.15, -0.1) is 0 Å². The lowest BCUT2D eigenvalue weighted by atomic mass is 9.87. The molecule has 3 rings (SSSR count). The first-order valence-corrected chi connectivity index (χ1v) is 15.8. The number of hydrogen-bond acceptors (Lipinski definition) is 11. The van der Waals surface area contributed by atoms with Crippen LogP contribution in [0.25, 0.3) is 0 Å². The molecule has 2 atom stereocenters. The van der Waals surface area contributed by atoms with Crippen LogP contribution in [0.5, 0.6) is 11.5 Å². The maximum absolute atomic E-state index is 13.8. The minimum absolute atomic E-state index is 0.155. The third-order valence-electron chi connectivity index (χ3n) is 7.97. The van der Waals surface area contributed by atoms with Crippen molar-refractivity contribution in [2.75, 3.05) is 32.7 Å². The van der Waals surface area contributed by atoms with Crippen molar-refractivity contribution < 1.29 is 52.8 Å². The van der Waals surface area contributed by atoms with Gasteiger partial charge in [-0.05, 0) is 69.7 Å². The number of carbonyl (C=O) groups excluding carboxylic acids is 5. The van der Waals surface area contributed by atoms with Crippen LogP contribution in [0.1, 0.15) is 69.6 Å². The van der Waals surface area contributed by atoms with Gasteiger partial charge in [-0.3, -0.25) is 24.2 Å². The second-order valence-electron chi connectivity index (χ2n) is 12.1. The third kappa shape index (κ3) is 10.9. The van der Waals surface area contributed by atoms with Gasteiger partial charge < -0.3 is 34.3 Å². The first kappa shape index (κ1) is 38.2. The van der Waals surface area contributed by atoms with Gasteiger partial charge in [0, 0.05) is 30.8 Å². The molecular formula is C35H43N3O11. The number of methoxy groups -OCH3 is 2. The minimum Gasteiger partial charge on any atom is -0.493 e. The van der Waals surface area contributed by atoms with Crippen molar-refractivity contribution in [2.24, 2.45) is 5.41 Å². The number of likely N-dealkylation sites (tertiary alicyclic amines) is 1. The van der Waals surface area contributed by atoms with E-state index in [2.05, 4.69) is 16.9 Å². The minimum atomic E-state index is -1.36. The number of aromatic nitrogens is 1. The van der Waals surface area contributed by atoms with E-state index in [1.807, 2.05) is 6.07 Å². The fourth-order valence-corrected chi connectivity index (χ4v) is 5.21. The van der Waals surface area contributed by atoms with Crippen molar-refractivity contribution >= 4 is 41.2 Å². The van der Waals surface area contributed by atoms with Gasteiger partial charge in [0.15, 0.2) is 11.5 Å². The van der Waals surface area contributed by atoms with Gasteiger partial charge >= 0.3 is 17.9 Å². The van der Waals surface area contributed by atoms with Gasteiger partial charge in [0.25, 0.3) is 5.91 Å². The number of carbonyl (C=O) groups is 6. The number of hydrogen-bond donors (Lipinski definition) is 2. The number of ether oxygens (including phenoxy) is 4. The topological polar surface area (TPSA) is 188 Å². The molecule has 1 fully saturated rings. The summed E-state index contributed by atoms with van der Waals surface area (Å²) >= 11 is 0. The molecule has 2 heterocycles. The van der Waals surface area contributed by atoms with E-state index in [1.165, 1.54) is 45.4 Å². The fraction of sp³-hybridized carbons (Fsp3) is 0.457. The molecule has 2 amide bonds. The number of amides is 2. The molecule has 0 bridgehead atoms. The Bertz CT molecular complexity index is 1550. The number of aliphatic carboxylic acids is 1. The van der Waals surface area contributed by atoms with Crippen molar-refractivity contribution in [3.05, 3.63) is 60.4 Å². The molecule has 14 nitrogen and oxygen atoms in total. The molecule has 0 aliphatic carbocycles. The number of ketones is 1. The Morgan fingerprint density at radius 3 is 2.47 bits per heavy atom. The Hall–Kier alpha value is -5.27. The van der Waals surface area contributed by atoms with Crippen molar-refractivity contribution in [2.45, 2.75) is 70.9 Å². The van der Waals surface area contributed by atoms with Crippen molar-refractivity contribution in [1.29, 1.82) is 0 Å². The van der Waals surface area contributed by atoms with E-state index in [0.717, 1.165) is 11.6 Å². The highest BCUT2D eigenvalue weighted by Gasteiger charge is 2.42. The Morgan fingerprint density at radius 1 is 1.06 bits per heavy atom. The summed E-state index contributed by atoms with van der Waals surface area (Å²) in [5.41, 5.74) is 0.216. The molecule has 49 heavy (non-hydrogen) atoms. The molecule has 14 heteroatoms. The second-order valence-corrected chi connectivity index (χ2v) is 12.1. The molecule has 0 spiro atoms. The number of carboxylic acid groups (broad SMARTS) is 1. The molecule has 1 aromatic heterocycles. The zero-order valence-electron chi connectivity index (χ0n) is 28.2. The Morgan fingerprint density at radius 2 is 1.80 bits per heavy atom. The largest absolute Gasteiger partial charge is 0.493 e. The van der Waals surface area contributed by atoms with E-state index in [-0.39, 0.29) is 44.5 Å². The van der Waals surface area contributed by atoms with Crippen LogP contribution in [0, 0.1) is 5.41 Å². The van der Waals surface area contributed by atoms with Gasteiger partial charge in [0.05, 0.1) is 37.9 Å². The molecule has 0 radical (unpaired) electrons. The molecule has 0 saturated carbocycles. The first-order chi connectivity index (χ1) is 23.3. The number of piperidine rings is 1. The molecule has 1 saturated heterocycles. The number of rotatable bonds is 17. The second kappa shape index (κ2) is 17.8. The quantitative estimate of drug-likeness (QED) is 0.140. The molecule has 1 aromatic carbocycles. The number of pyridine rings is 1. The number of nitrogens with one attached hydrogen (secondary N) is 1. The number of Topliss-reactive ketones (excluding diaryl/α,β-unsaturated/α-hetero) is 1. The zero-order valence-corrected chi connectivity index (χ0v) is 28.2. The predicted octanol–water partition coefficient (Wildman–Crippen LogP) is 3.82. The van der Waals surface area contributed by atoms with Crippen LogP contribution >= 0.6 is 0 Å². The molecule has 0 unspecified atom stereocenters. The fourth-order valence-electron chi connectivity index (χ4n) is 5.21. The van der Waals surface area contributed by atoms with Crippen LogP contribution in [0.4, 0.5) is 5.69 Å². The lowest BCUT2D eigenvalue weighted by Crippen LogP contribution is -2.53. The number of nitrogens with zero attached hydrogens (tertiary/aromatic N) is 2. The average Bonchev–Trinajstić information content (AvgIpc) is 3.10. The van der Waals surface area contributed by atoms with Crippen LogP contribution < -0.4 is 14.8 Å². The number of aryl methyl sites for hydroxylation is 1. The van der Waals surface area contributed by atoms with E-state index in [1.54, 1.807) is 18.2 Å². The Kier molecular flexibility index (Phi) is 13.8. The summed E-state index contributed by atoms with van der Waals surface area (Å²) in [4.78, 5) is 80.8. The van der Waals surface area contributed by atoms with Crippen molar-refractivity contribution in [3.63, 3.8) is 0 Å². The standard InChI is InChI=1S/C35H43N3O11/c1-6-31(42)48-21-35(2,3)32(43)33(44)38-16-8-7-9-25(38)34(45)49-26(12-10-22-11-13-27(46-4)28(17-22)47-5)23-18-24(20-36-19-23)37-29(39)14-15-30(40)41/h6,11,13,17-20,25-26H,1,7-10,12,14-16,21H2,2-5H3,(H,37,39)(H,40,41)/t25-,26+/m0/s1. The highest BCUT2D eigenvalue weighted by Crippen LogP contribution is 2.32. The Labute approximate surface area is 284 Å². The van der Waals surface area contributed by atoms with E-state index >= 15 is 0 Å². The summed E-state index contributed by atoms with van der Waals surface area (Å²) in [5.74, 6) is -3.71. The maximum atomic E-state index is 13.8. The molecule has 2 N–H and O–H groups in total. The van der Waals surface area contributed by atoms with E-state index in [0.29, 0.717) is 36.3 Å². The van der Waals surface area contributed by atoms with Gasteiger partial charge in [-0.2, -0.15) is 0 Å². The summed E-state index contributed by atoms with van der Waals surface area (Å²) in [7, 11) is 3.05. The van der Waals surface area contributed by atoms with Gasteiger partial charge in [0.1, 0.15) is 18.8 Å². The van der Waals surface area contributed by atoms with Crippen LogP contribution in [0.15, 0.2) is 49.3 Å². The molecule has 1 aliphatic heterocycles. The van der Waals surface area contributed by atoms with Crippen molar-refractivity contribution in [1.82, 2.24) is 9.88 Å². The van der Waals surface area contributed by atoms with Crippen LogP contribution in [0.3, 0.4) is 0 Å². The summed E-state index contributed by atoms with van der Waals surface area (Å²) in [6, 6.07) is 5.94. The number of carboxylic acids is 1. The molecular weight excluding hydrogens is 638 g/mol. The van der Waals surface area contributed by atoms with Gasteiger partial charge in [0.2, 0.25) is 11.7 Å². The summed E-state index contributed by atoms with van der Waals surface area (Å²) < 4.78 is 21.8. The lowest BCUT2D eigenvalue weighted by Gasteiger charge is -2.36. The first-order valence-electron chi connectivity index (χ1n) is 15.8. The van der Waals surface area contributed by atoms with Gasteiger partial charge in [-0.25, -0.2) is 9.59 Å². The number of anilines is 1. The normalized spacial score (nSPS) is 14.9. The average molecular weight is 682 g/mol. The summed E-state index contributed by atoms with van der Waals surface area (Å²) in [6.45, 7) is 6.09. The van der Waals surface area contributed by atoms with E-state index in [4.69, 9.17) is 24.1 Å². The molecule has 264 valence electrons. The predicted molar refractivity (Wildman–Crippen MR) is 176 cm³/mol. The highest BCUT2D eigenvalue weighted by atomic mass is 16.5. The number of benzene rings is 1. The Balaban J connectivity index is 1.86. The monoisotopic (exact) mass is 681 g/mol. The lowest BCUT2D eigenvalue weighted by molar-refractivity contribution is -0.165. The van der Waals surface area contributed by atoms with E-state index < -0.39 is 53.1 Å². The molecule has 2 aromatic rings. The SMILES string of the molecule is C=CC(=O)OCC(C)(C)C(=O)C(=O)N1CCCC[C@H]1C(=O)O[C@H](CCc1ccc(OC)c(OC)c1)c1cncc(NC(=O)CCC(=O)O)c1. The van der Waals surface area contributed by atoms with Crippen LogP contribution in [-0.2, 0) is 44.7 Å². The van der Waals surface area contributed by atoms with Crippen LogP contribution in [-0.4, -0.2) is 83.9 Å². The third-order valence-corrected chi connectivity index (χ3v) is 7.97. The summed E-state index contributed by atoms with van der Waals surface area (Å²) in [5, 5.41) is 11.5.